The lowest BCUT2D eigenvalue weighted by Crippen LogP contribution is -2.39. The van der Waals surface area contributed by atoms with Crippen molar-refractivity contribution in [2.24, 2.45) is 5.10 Å². The number of carbonyl (C=O) groups excluding carboxylic acids is 1. The molecular formula is C24H25F3N4O3S. The molecule has 35 heavy (non-hydrogen) atoms. The SMILES string of the molecule is Cc1cccc(-n2c(C)cc(/C=N\NC(=O)CN(c3cccc(C(F)(F)F)c3)S(C)(=O)=O)c2C)c1. The molecule has 0 saturated heterocycles. The Hall–Kier alpha value is -3.60. The molecule has 0 fully saturated rings. The largest absolute Gasteiger partial charge is 0.416 e. The van der Waals surface area contributed by atoms with Crippen LogP contribution in [-0.2, 0) is 21.0 Å². The molecule has 0 unspecified atom stereocenters. The van der Waals surface area contributed by atoms with Gasteiger partial charge in [0.25, 0.3) is 5.91 Å². The van der Waals surface area contributed by atoms with Gasteiger partial charge in [-0.2, -0.15) is 18.3 Å². The lowest BCUT2D eigenvalue weighted by Gasteiger charge is -2.22. The summed E-state index contributed by atoms with van der Waals surface area (Å²) in [6.07, 6.45) is -2.41. The van der Waals surface area contributed by atoms with Gasteiger partial charge in [0.1, 0.15) is 6.54 Å². The number of nitrogens with zero attached hydrogens (tertiary/aromatic N) is 3. The van der Waals surface area contributed by atoms with Crippen molar-refractivity contribution in [3.63, 3.8) is 0 Å². The Morgan fingerprint density at radius 3 is 2.40 bits per heavy atom. The minimum Gasteiger partial charge on any atom is -0.318 e. The molecule has 0 radical (unpaired) electrons. The van der Waals surface area contributed by atoms with Crippen LogP contribution in [0.4, 0.5) is 18.9 Å². The first-order valence-corrected chi connectivity index (χ1v) is 12.3. The van der Waals surface area contributed by atoms with Gasteiger partial charge in [0.2, 0.25) is 10.0 Å². The average Bonchev–Trinajstić information content (AvgIpc) is 3.03. The molecule has 0 aliphatic heterocycles. The second kappa shape index (κ2) is 9.95. The van der Waals surface area contributed by atoms with Gasteiger partial charge in [-0.15, -0.1) is 0 Å². The van der Waals surface area contributed by atoms with Gasteiger partial charge in [0, 0.05) is 22.6 Å². The van der Waals surface area contributed by atoms with E-state index in [-0.39, 0.29) is 5.69 Å². The standard InChI is InChI=1S/C24H25F3N4O3S/c1-16-7-5-10-22(11-16)31-17(2)12-19(18(31)3)14-28-29-23(32)15-30(35(4,33)34)21-9-6-8-20(13-21)24(25,26)27/h5-14H,15H2,1-4H3,(H,29,32)/b28-14-. The Labute approximate surface area is 201 Å². The highest BCUT2D eigenvalue weighted by Crippen LogP contribution is 2.32. The Bertz CT molecular complexity index is 1380. The Morgan fingerprint density at radius 1 is 1.09 bits per heavy atom. The third kappa shape index (κ3) is 6.30. The molecule has 0 atom stereocenters. The number of nitrogens with one attached hydrogen (secondary N) is 1. The van der Waals surface area contributed by atoms with E-state index in [1.807, 2.05) is 55.7 Å². The van der Waals surface area contributed by atoms with Crippen LogP contribution >= 0.6 is 0 Å². The van der Waals surface area contributed by atoms with E-state index < -0.39 is 34.2 Å². The van der Waals surface area contributed by atoms with Crippen LogP contribution in [0.3, 0.4) is 0 Å². The topological polar surface area (TPSA) is 83.8 Å². The summed E-state index contributed by atoms with van der Waals surface area (Å²) in [4.78, 5) is 12.4. The monoisotopic (exact) mass is 506 g/mol. The summed E-state index contributed by atoms with van der Waals surface area (Å²) < 4.78 is 66.1. The molecule has 186 valence electrons. The van der Waals surface area contributed by atoms with Crippen molar-refractivity contribution in [3.8, 4) is 5.69 Å². The van der Waals surface area contributed by atoms with Crippen LogP contribution in [0, 0.1) is 20.8 Å². The van der Waals surface area contributed by atoms with Crippen molar-refractivity contribution in [1.82, 2.24) is 9.99 Å². The summed E-state index contributed by atoms with van der Waals surface area (Å²) in [7, 11) is -4.05. The van der Waals surface area contributed by atoms with Gasteiger partial charge in [-0.1, -0.05) is 18.2 Å². The van der Waals surface area contributed by atoms with Crippen molar-refractivity contribution in [1.29, 1.82) is 0 Å². The average molecular weight is 507 g/mol. The second-order valence-corrected chi connectivity index (χ2v) is 10.0. The first-order valence-electron chi connectivity index (χ1n) is 10.5. The number of carbonyl (C=O) groups is 1. The van der Waals surface area contributed by atoms with E-state index in [4.69, 9.17) is 0 Å². The molecule has 1 heterocycles. The third-order valence-electron chi connectivity index (χ3n) is 5.27. The normalized spacial score (nSPS) is 12.2. The number of halogens is 3. The van der Waals surface area contributed by atoms with Crippen molar-refractivity contribution in [3.05, 3.63) is 82.7 Å². The number of aromatic nitrogens is 1. The molecule has 11 heteroatoms. The van der Waals surface area contributed by atoms with Gasteiger partial charge in [0.15, 0.2) is 0 Å². The highest BCUT2D eigenvalue weighted by atomic mass is 32.2. The second-order valence-electron chi connectivity index (χ2n) is 8.11. The number of anilines is 1. The van der Waals surface area contributed by atoms with Gasteiger partial charge >= 0.3 is 6.18 Å². The molecule has 0 spiro atoms. The minimum absolute atomic E-state index is 0.275. The number of amides is 1. The smallest absolute Gasteiger partial charge is 0.318 e. The third-order valence-corrected chi connectivity index (χ3v) is 6.41. The maximum Gasteiger partial charge on any atom is 0.416 e. The Kier molecular flexibility index (Phi) is 7.39. The molecule has 1 amide bonds. The Morgan fingerprint density at radius 2 is 1.77 bits per heavy atom. The van der Waals surface area contributed by atoms with Crippen LogP contribution in [-0.4, -0.2) is 37.9 Å². The van der Waals surface area contributed by atoms with Gasteiger partial charge in [0.05, 0.1) is 23.7 Å². The molecule has 1 N–H and O–H groups in total. The predicted molar refractivity (Wildman–Crippen MR) is 129 cm³/mol. The fourth-order valence-corrected chi connectivity index (χ4v) is 4.51. The van der Waals surface area contributed by atoms with Gasteiger partial charge in [-0.3, -0.25) is 9.10 Å². The molecule has 3 aromatic rings. The minimum atomic E-state index is -4.66. The number of aryl methyl sites for hydroxylation is 2. The van der Waals surface area contributed by atoms with Crippen LogP contribution in [0.2, 0.25) is 0 Å². The number of alkyl halides is 3. The van der Waals surface area contributed by atoms with Gasteiger partial charge < -0.3 is 4.57 Å². The zero-order chi connectivity index (χ0) is 26.0. The van der Waals surface area contributed by atoms with Gasteiger partial charge in [-0.25, -0.2) is 13.8 Å². The van der Waals surface area contributed by atoms with Gasteiger partial charge in [-0.05, 0) is 62.7 Å². The van der Waals surface area contributed by atoms with E-state index in [0.717, 1.165) is 46.6 Å². The number of benzene rings is 2. The first-order chi connectivity index (χ1) is 16.3. The Balaban J connectivity index is 1.77. The lowest BCUT2D eigenvalue weighted by molar-refractivity contribution is -0.137. The van der Waals surface area contributed by atoms with Crippen LogP contribution in [0.1, 0.15) is 28.1 Å². The fraction of sp³-hybridized carbons (Fsp3) is 0.250. The highest BCUT2D eigenvalue weighted by molar-refractivity contribution is 7.92. The first kappa shape index (κ1) is 26.0. The van der Waals surface area contributed by atoms with E-state index in [0.29, 0.717) is 10.4 Å². The molecule has 0 bridgehead atoms. The molecule has 0 saturated carbocycles. The molecule has 0 aliphatic carbocycles. The maximum atomic E-state index is 13.0. The lowest BCUT2D eigenvalue weighted by atomic mass is 10.2. The van der Waals surface area contributed by atoms with Crippen molar-refractivity contribution in [2.75, 3.05) is 17.1 Å². The fourth-order valence-electron chi connectivity index (χ4n) is 3.66. The molecule has 2 aromatic carbocycles. The molecular weight excluding hydrogens is 481 g/mol. The maximum absolute atomic E-state index is 13.0. The van der Waals surface area contributed by atoms with E-state index in [1.165, 1.54) is 12.3 Å². The van der Waals surface area contributed by atoms with Crippen LogP contribution in [0.25, 0.3) is 5.69 Å². The van der Waals surface area contributed by atoms with Crippen molar-refractivity contribution < 1.29 is 26.4 Å². The van der Waals surface area contributed by atoms with Crippen LogP contribution < -0.4 is 9.73 Å². The van der Waals surface area contributed by atoms with E-state index in [9.17, 15) is 26.4 Å². The highest BCUT2D eigenvalue weighted by Gasteiger charge is 2.32. The van der Waals surface area contributed by atoms with E-state index in [2.05, 4.69) is 10.5 Å². The number of hydrazone groups is 1. The number of hydrogen-bond acceptors (Lipinski definition) is 4. The van der Waals surface area contributed by atoms with Crippen LogP contribution in [0.15, 0.2) is 59.7 Å². The number of sulfonamides is 1. The number of hydrogen-bond donors (Lipinski definition) is 1. The zero-order valence-electron chi connectivity index (χ0n) is 19.6. The predicted octanol–water partition coefficient (Wildman–Crippen LogP) is 4.34. The molecule has 3 rings (SSSR count). The number of rotatable bonds is 7. The summed E-state index contributed by atoms with van der Waals surface area (Å²) in [5.41, 5.74) is 5.61. The summed E-state index contributed by atoms with van der Waals surface area (Å²) >= 11 is 0. The summed E-state index contributed by atoms with van der Waals surface area (Å²) in [5.74, 6) is -0.809. The quantitative estimate of drug-likeness (QED) is 0.382. The molecule has 0 aliphatic rings. The summed E-state index contributed by atoms with van der Waals surface area (Å²) in [6.45, 7) is 5.09. The summed E-state index contributed by atoms with van der Waals surface area (Å²) in [6, 6.07) is 13.6. The van der Waals surface area contributed by atoms with E-state index >= 15 is 0 Å². The molecule has 1 aromatic heterocycles. The molecule has 7 nitrogen and oxygen atoms in total. The van der Waals surface area contributed by atoms with Crippen molar-refractivity contribution in [2.45, 2.75) is 26.9 Å². The zero-order valence-corrected chi connectivity index (χ0v) is 20.4. The summed E-state index contributed by atoms with van der Waals surface area (Å²) in [5, 5.41) is 3.91. The van der Waals surface area contributed by atoms with Crippen molar-refractivity contribution >= 4 is 27.8 Å². The van der Waals surface area contributed by atoms with E-state index in [1.54, 1.807) is 0 Å². The van der Waals surface area contributed by atoms with Crippen LogP contribution in [0.5, 0.6) is 0 Å².